The second-order valence-corrected chi connectivity index (χ2v) is 6.28. The minimum absolute atomic E-state index is 0.204. The smallest absolute Gasteiger partial charge is 0.258 e. The number of nitrogens with zero attached hydrogens (tertiary/aromatic N) is 1. The summed E-state index contributed by atoms with van der Waals surface area (Å²) in [5, 5.41) is 11.2. The zero-order valence-corrected chi connectivity index (χ0v) is 12.2. The van der Waals surface area contributed by atoms with Crippen LogP contribution in [0.3, 0.4) is 0 Å². The topological polar surface area (TPSA) is 43.1 Å². The number of benzene rings is 1. The molecule has 3 unspecified atom stereocenters. The summed E-state index contributed by atoms with van der Waals surface area (Å²) in [4.78, 5) is 10.7. The summed E-state index contributed by atoms with van der Waals surface area (Å²) < 4.78 is 0. The van der Waals surface area contributed by atoms with Gasteiger partial charge in [-0.2, -0.15) is 0 Å². The lowest BCUT2D eigenvalue weighted by Gasteiger charge is -2.31. The van der Waals surface area contributed by atoms with Crippen LogP contribution >= 0.6 is 11.6 Å². The molecule has 0 aromatic heterocycles. The molecule has 2 rings (SSSR count). The van der Waals surface area contributed by atoms with Crippen molar-refractivity contribution in [2.75, 3.05) is 0 Å². The van der Waals surface area contributed by atoms with Crippen LogP contribution in [0, 0.1) is 28.9 Å². The fraction of sp³-hybridized carbons (Fsp3) is 0.600. The molecule has 0 spiro atoms. The Kier molecular flexibility index (Phi) is 4.46. The first-order valence-electron chi connectivity index (χ1n) is 6.86. The first kappa shape index (κ1) is 14.3. The third kappa shape index (κ3) is 3.27. The number of halogens is 1. The largest absolute Gasteiger partial charge is 0.272 e. The van der Waals surface area contributed by atoms with Gasteiger partial charge in [-0.15, -0.1) is 11.6 Å². The van der Waals surface area contributed by atoms with Crippen molar-refractivity contribution >= 4 is 17.3 Å². The first-order chi connectivity index (χ1) is 8.99. The molecule has 19 heavy (non-hydrogen) atoms. The van der Waals surface area contributed by atoms with Crippen molar-refractivity contribution in [1.29, 1.82) is 0 Å². The molecule has 0 N–H and O–H groups in total. The van der Waals surface area contributed by atoms with Gasteiger partial charge in [-0.25, -0.2) is 0 Å². The van der Waals surface area contributed by atoms with E-state index in [1.165, 1.54) is 6.42 Å². The van der Waals surface area contributed by atoms with Gasteiger partial charge in [0, 0.05) is 17.0 Å². The second kappa shape index (κ2) is 5.91. The van der Waals surface area contributed by atoms with Crippen LogP contribution in [0.5, 0.6) is 0 Å². The Balaban J connectivity index is 2.19. The third-order valence-electron chi connectivity index (χ3n) is 4.25. The zero-order chi connectivity index (χ0) is 14.0. The maximum atomic E-state index is 11.0. The fourth-order valence-electron chi connectivity index (χ4n) is 3.04. The van der Waals surface area contributed by atoms with Gasteiger partial charge in [0.1, 0.15) is 0 Å². The molecule has 0 radical (unpaired) electrons. The first-order valence-corrected chi connectivity index (χ1v) is 7.29. The molecule has 0 bridgehead atoms. The van der Waals surface area contributed by atoms with Gasteiger partial charge < -0.3 is 0 Å². The summed E-state index contributed by atoms with van der Waals surface area (Å²) in [5.41, 5.74) is 2.07. The highest BCUT2D eigenvalue weighted by atomic mass is 35.5. The molecule has 3 nitrogen and oxygen atoms in total. The van der Waals surface area contributed by atoms with E-state index in [-0.39, 0.29) is 16.0 Å². The summed E-state index contributed by atoms with van der Waals surface area (Å²) in [6.07, 6.45) is 4.22. The summed E-state index contributed by atoms with van der Waals surface area (Å²) in [6.45, 7) is 4.10. The van der Waals surface area contributed by atoms with Gasteiger partial charge >= 0.3 is 0 Å². The normalized spacial score (nSPS) is 27.2. The van der Waals surface area contributed by atoms with Crippen LogP contribution in [-0.4, -0.2) is 10.3 Å². The maximum Gasteiger partial charge on any atom is 0.272 e. The van der Waals surface area contributed by atoms with Gasteiger partial charge in [-0.1, -0.05) is 19.1 Å². The van der Waals surface area contributed by atoms with Crippen LogP contribution in [-0.2, 0) is 6.42 Å². The molecular weight excluding hydrogens is 262 g/mol. The lowest BCUT2D eigenvalue weighted by molar-refractivity contribution is -0.385. The number of nitro benzene ring substituents is 1. The predicted molar refractivity (Wildman–Crippen MR) is 77.7 cm³/mol. The molecular formula is C15H20ClNO2. The van der Waals surface area contributed by atoms with Crippen LogP contribution < -0.4 is 0 Å². The van der Waals surface area contributed by atoms with Crippen molar-refractivity contribution in [1.82, 2.24) is 0 Å². The SMILES string of the molecule is Cc1c(CC2CC(C)CCC2Cl)cccc1[N+](=O)[O-]. The summed E-state index contributed by atoms with van der Waals surface area (Å²) in [6, 6.07) is 5.34. The maximum absolute atomic E-state index is 11.0. The van der Waals surface area contributed by atoms with E-state index < -0.39 is 0 Å². The van der Waals surface area contributed by atoms with E-state index in [9.17, 15) is 10.1 Å². The highest BCUT2D eigenvalue weighted by Crippen LogP contribution is 2.35. The lowest BCUT2D eigenvalue weighted by atomic mass is 9.78. The zero-order valence-electron chi connectivity index (χ0n) is 11.4. The number of nitro groups is 1. The number of alkyl halides is 1. The van der Waals surface area contributed by atoms with Crippen LogP contribution in [0.2, 0.25) is 0 Å². The molecule has 104 valence electrons. The van der Waals surface area contributed by atoms with E-state index in [2.05, 4.69) is 6.92 Å². The van der Waals surface area contributed by atoms with Crippen molar-refractivity contribution in [3.8, 4) is 0 Å². The van der Waals surface area contributed by atoms with E-state index >= 15 is 0 Å². The minimum Gasteiger partial charge on any atom is -0.258 e. The highest BCUT2D eigenvalue weighted by Gasteiger charge is 2.28. The molecule has 1 aliphatic carbocycles. The average molecular weight is 282 g/mol. The van der Waals surface area contributed by atoms with E-state index in [1.54, 1.807) is 12.1 Å². The molecule has 1 saturated carbocycles. The van der Waals surface area contributed by atoms with E-state index in [0.717, 1.165) is 30.4 Å². The number of hydrogen-bond donors (Lipinski definition) is 0. The minimum atomic E-state index is -0.305. The monoisotopic (exact) mass is 281 g/mol. The molecule has 4 heteroatoms. The molecule has 0 aliphatic heterocycles. The second-order valence-electron chi connectivity index (χ2n) is 5.72. The van der Waals surface area contributed by atoms with Crippen molar-refractivity contribution in [2.45, 2.75) is 44.9 Å². The molecule has 0 saturated heterocycles. The van der Waals surface area contributed by atoms with Gasteiger partial charge in [0.15, 0.2) is 0 Å². The molecule has 1 fully saturated rings. The molecule has 1 aromatic rings. The van der Waals surface area contributed by atoms with E-state index in [4.69, 9.17) is 11.6 Å². The molecule has 0 amide bonds. The summed E-state index contributed by atoms with van der Waals surface area (Å²) in [7, 11) is 0. The summed E-state index contributed by atoms with van der Waals surface area (Å²) >= 11 is 6.42. The van der Waals surface area contributed by atoms with Crippen LogP contribution in [0.4, 0.5) is 5.69 Å². The average Bonchev–Trinajstić information content (AvgIpc) is 2.36. The number of rotatable bonds is 3. The Bertz CT molecular complexity index is 475. The van der Waals surface area contributed by atoms with Gasteiger partial charge in [0.2, 0.25) is 0 Å². The van der Waals surface area contributed by atoms with Crippen molar-refractivity contribution in [3.63, 3.8) is 0 Å². The molecule has 0 heterocycles. The summed E-state index contributed by atoms with van der Waals surface area (Å²) in [5.74, 6) is 1.14. The van der Waals surface area contributed by atoms with Crippen LogP contribution in [0.15, 0.2) is 18.2 Å². The third-order valence-corrected chi connectivity index (χ3v) is 4.82. The van der Waals surface area contributed by atoms with Crippen molar-refractivity contribution < 1.29 is 4.92 Å². The number of hydrogen-bond acceptors (Lipinski definition) is 2. The molecule has 1 aliphatic rings. The standard InChI is InChI=1S/C15H20ClNO2/c1-10-6-7-14(16)13(8-10)9-12-4-3-5-15(11(12)2)17(18)19/h3-5,10,13-14H,6-9H2,1-2H3. The van der Waals surface area contributed by atoms with Gasteiger partial charge in [0.25, 0.3) is 5.69 Å². The lowest BCUT2D eigenvalue weighted by Crippen LogP contribution is -2.26. The quantitative estimate of drug-likeness (QED) is 0.465. The van der Waals surface area contributed by atoms with Crippen molar-refractivity contribution in [2.24, 2.45) is 11.8 Å². The van der Waals surface area contributed by atoms with E-state index in [1.807, 2.05) is 13.0 Å². The van der Waals surface area contributed by atoms with Crippen molar-refractivity contribution in [3.05, 3.63) is 39.4 Å². The Hall–Kier alpha value is -1.09. The Morgan fingerprint density at radius 1 is 1.42 bits per heavy atom. The Morgan fingerprint density at radius 2 is 2.16 bits per heavy atom. The van der Waals surface area contributed by atoms with Gasteiger partial charge in [-0.05, 0) is 50.0 Å². The molecule has 3 atom stereocenters. The Morgan fingerprint density at radius 3 is 2.84 bits per heavy atom. The predicted octanol–water partition coefficient (Wildman–Crippen LogP) is 4.49. The van der Waals surface area contributed by atoms with E-state index in [0.29, 0.717) is 11.8 Å². The highest BCUT2D eigenvalue weighted by molar-refractivity contribution is 6.20. The van der Waals surface area contributed by atoms with Gasteiger partial charge in [0.05, 0.1) is 4.92 Å². The van der Waals surface area contributed by atoms with Crippen LogP contribution in [0.25, 0.3) is 0 Å². The fourth-order valence-corrected chi connectivity index (χ4v) is 3.36. The van der Waals surface area contributed by atoms with Gasteiger partial charge in [-0.3, -0.25) is 10.1 Å². The van der Waals surface area contributed by atoms with Crippen LogP contribution in [0.1, 0.15) is 37.3 Å². The Labute approximate surface area is 119 Å². The molecule has 1 aromatic carbocycles.